The molecule has 0 atom stereocenters. The monoisotopic (exact) mass is 179 g/mol. The van der Waals surface area contributed by atoms with E-state index in [4.69, 9.17) is 0 Å². The van der Waals surface area contributed by atoms with Gasteiger partial charge in [0.25, 0.3) is 5.69 Å². The Morgan fingerprint density at radius 3 is 2.08 bits per heavy atom. The van der Waals surface area contributed by atoms with Crippen molar-refractivity contribution >= 4 is 11.8 Å². The van der Waals surface area contributed by atoms with Crippen LogP contribution in [0.1, 0.15) is 19.4 Å². The average molecular weight is 179 g/mol. The number of rotatable bonds is 2. The van der Waals surface area contributed by atoms with Gasteiger partial charge in [0, 0.05) is 12.1 Å². The molecule has 0 saturated heterocycles. The van der Waals surface area contributed by atoms with E-state index in [1.165, 1.54) is 12.1 Å². The van der Waals surface area contributed by atoms with Gasteiger partial charge in [-0.2, -0.15) is 0 Å². The van der Waals surface area contributed by atoms with Crippen molar-refractivity contribution in [2.45, 2.75) is 13.8 Å². The van der Waals surface area contributed by atoms with Gasteiger partial charge in [-0.3, -0.25) is 10.1 Å². The molecule has 0 N–H and O–H groups in total. The fourth-order valence-electron chi connectivity index (χ4n) is 0.732. The van der Waals surface area contributed by atoms with Crippen molar-refractivity contribution in [1.29, 1.82) is 0 Å². The van der Waals surface area contributed by atoms with Gasteiger partial charge in [-0.05, 0) is 17.7 Å². The summed E-state index contributed by atoms with van der Waals surface area (Å²) >= 11 is 0. The molecule has 1 rings (SSSR count). The Bertz CT molecular complexity index is 277. The Balaban J connectivity index is 0.000000671. The smallest absolute Gasteiger partial charge is 0.258 e. The molecule has 1 aromatic carbocycles. The number of nitrogens with zero attached hydrogens (tertiary/aromatic N) is 1. The summed E-state index contributed by atoms with van der Waals surface area (Å²) in [6, 6.07) is 6.23. The van der Waals surface area contributed by atoms with Crippen LogP contribution in [0.15, 0.2) is 30.8 Å². The van der Waals surface area contributed by atoms with E-state index in [9.17, 15) is 10.1 Å². The van der Waals surface area contributed by atoms with E-state index in [2.05, 4.69) is 6.58 Å². The third-order valence-corrected chi connectivity index (χ3v) is 1.34. The number of nitro groups is 1. The molecule has 0 amide bonds. The Kier molecular flexibility index (Phi) is 5.19. The molecule has 0 unspecified atom stereocenters. The van der Waals surface area contributed by atoms with Gasteiger partial charge >= 0.3 is 0 Å². The Morgan fingerprint density at radius 2 is 1.77 bits per heavy atom. The largest absolute Gasteiger partial charge is 0.269 e. The van der Waals surface area contributed by atoms with Crippen molar-refractivity contribution < 1.29 is 4.92 Å². The van der Waals surface area contributed by atoms with Crippen molar-refractivity contribution in [2.24, 2.45) is 0 Å². The van der Waals surface area contributed by atoms with Gasteiger partial charge in [0.1, 0.15) is 0 Å². The molecule has 3 heteroatoms. The zero-order valence-corrected chi connectivity index (χ0v) is 7.86. The highest BCUT2D eigenvalue weighted by Crippen LogP contribution is 2.11. The zero-order chi connectivity index (χ0) is 10.3. The maximum Gasteiger partial charge on any atom is 0.269 e. The second-order valence-corrected chi connectivity index (χ2v) is 2.05. The van der Waals surface area contributed by atoms with E-state index in [-0.39, 0.29) is 5.69 Å². The molecule has 0 heterocycles. The topological polar surface area (TPSA) is 43.1 Å². The molecule has 0 fully saturated rings. The SMILES string of the molecule is C=Cc1ccc([N+](=O)[O-])cc1.CC. The second-order valence-electron chi connectivity index (χ2n) is 2.05. The first-order valence-corrected chi connectivity index (χ1v) is 4.11. The van der Waals surface area contributed by atoms with E-state index in [1.54, 1.807) is 18.2 Å². The summed E-state index contributed by atoms with van der Waals surface area (Å²) in [4.78, 5) is 9.76. The van der Waals surface area contributed by atoms with Crippen LogP contribution in [0.3, 0.4) is 0 Å². The molecule has 0 bridgehead atoms. The van der Waals surface area contributed by atoms with Crippen LogP contribution in [0.4, 0.5) is 5.69 Å². The summed E-state index contributed by atoms with van der Waals surface area (Å²) in [6.07, 6.45) is 1.64. The summed E-state index contributed by atoms with van der Waals surface area (Å²) < 4.78 is 0. The summed E-state index contributed by atoms with van der Waals surface area (Å²) in [5.74, 6) is 0. The Labute approximate surface area is 77.9 Å². The summed E-state index contributed by atoms with van der Waals surface area (Å²) in [7, 11) is 0. The van der Waals surface area contributed by atoms with Crippen molar-refractivity contribution in [3.63, 3.8) is 0 Å². The molecular weight excluding hydrogens is 166 g/mol. The Hall–Kier alpha value is -1.64. The predicted molar refractivity (Wildman–Crippen MR) is 54.5 cm³/mol. The molecular formula is C10H13NO2. The maximum absolute atomic E-state index is 10.2. The van der Waals surface area contributed by atoms with Crippen LogP contribution < -0.4 is 0 Å². The van der Waals surface area contributed by atoms with Gasteiger partial charge < -0.3 is 0 Å². The molecule has 13 heavy (non-hydrogen) atoms. The fourth-order valence-corrected chi connectivity index (χ4v) is 0.732. The van der Waals surface area contributed by atoms with Crippen LogP contribution in [0.2, 0.25) is 0 Å². The number of benzene rings is 1. The van der Waals surface area contributed by atoms with Gasteiger partial charge in [0.2, 0.25) is 0 Å². The normalized spacial score (nSPS) is 8.15. The quantitative estimate of drug-likeness (QED) is 0.516. The molecule has 0 aromatic heterocycles. The van der Waals surface area contributed by atoms with Crippen molar-refractivity contribution in [1.82, 2.24) is 0 Å². The summed E-state index contributed by atoms with van der Waals surface area (Å²) in [5.41, 5.74) is 0.992. The molecule has 1 aromatic rings. The Morgan fingerprint density at radius 1 is 1.31 bits per heavy atom. The lowest BCUT2D eigenvalue weighted by Gasteiger charge is -1.91. The number of hydrogen-bond donors (Lipinski definition) is 0. The summed E-state index contributed by atoms with van der Waals surface area (Å²) in [6.45, 7) is 7.54. The van der Waals surface area contributed by atoms with Crippen molar-refractivity contribution in [3.8, 4) is 0 Å². The first-order valence-electron chi connectivity index (χ1n) is 4.11. The van der Waals surface area contributed by atoms with Crippen LogP contribution in [-0.4, -0.2) is 4.92 Å². The molecule has 70 valence electrons. The highest BCUT2D eigenvalue weighted by molar-refractivity contribution is 5.49. The molecule has 3 nitrogen and oxygen atoms in total. The molecule has 0 radical (unpaired) electrons. The van der Waals surface area contributed by atoms with E-state index in [0.717, 1.165) is 5.56 Å². The lowest BCUT2D eigenvalue weighted by Crippen LogP contribution is -1.86. The molecule has 0 aliphatic carbocycles. The third-order valence-electron chi connectivity index (χ3n) is 1.34. The zero-order valence-electron chi connectivity index (χ0n) is 7.86. The predicted octanol–water partition coefficient (Wildman–Crippen LogP) is 3.26. The summed E-state index contributed by atoms with van der Waals surface area (Å²) in [5, 5.41) is 10.2. The average Bonchev–Trinajstić information content (AvgIpc) is 2.21. The lowest BCUT2D eigenvalue weighted by molar-refractivity contribution is -0.384. The highest BCUT2D eigenvalue weighted by atomic mass is 16.6. The standard InChI is InChI=1S/C8H7NO2.C2H6/c1-2-7-3-5-8(6-4-7)9(10)11;1-2/h2-6H,1H2;1-2H3. The number of hydrogen-bond acceptors (Lipinski definition) is 2. The van der Waals surface area contributed by atoms with Crippen molar-refractivity contribution in [3.05, 3.63) is 46.5 Å². The van der Waals surface area contributed by atoms with Crippen LogP contribution in [-0.2, 0) is 0 Å². The molecule has 0 aliphatic heterocycles. The van der Waals surface area contributed by atoms with Crippen LogP contribution in [0, 0.1) is 10.1 Å². The maximum atomic E-state index is 10.2. The minimum absolute atomic E-state index is 0.107. The number of non-ortho nitro benzene ring substituents is 1. The van der Waals surface area contributed by atoms with Gasteiger partial charge in [-0.25, -0.2) is 0 Å². The van der Waals surface area contributed by atoms with Gasteiger partial charge in [-0.1, -0.05) is 26.5 Å². The van der Waals surface area contributed by atoms with Gasteiger partial charge in [-0.15, -0.1) is 0 Å². The van der Waals surface area contributed by atoms with Crippen molar-refractivity contribution in [2.75, 3.05) is 0 Å². The number of nitro benzene ring substituents is 1. The van der Waals surface area contributed by atoms with Crippen LogP contribution in [0.25, 0.3) is 6.08 Å². The van der Waals surface area contributed by atoms with E-state index >= 15 is 0 Å². The van der Waals surface area contributed by atoms with E-state index < -0.39 is 4.92 Å². The third kappa shape index (κ3) is 3.51. The molecule has 0 aliphatic rings. The minimum atomic E-state index is -0.424. The highest BCUT2D eigenvalue weighted by Gasteiger charge is 2.01. The second kappa shape index (κ2) is 5.94. The first kappa shape index (κ1) is 11.4. The minimum Gasteiger partial charge on any atom is -0.258 e. The van der Waals surface area contributed by atoms with Gasteiger partial charge in [0.15, 0.2) is 0 Å². The lowest BCUT2D eigenvalue weighted by atomic mass is 10.2. The van der Waals surface area contributed by atoms with E-state index in [0.29, 0.717) is 0 Å². The van der Waals surface area contributed by atoms with E-state index in [1.807, 2.05) is 13.8 Å². The van der Waals surface area contributed by atoms with Gasteiger partial charge in [0.05, 0.1) is 4.92 Å². The first-order chi connectivity index (χ1) is 6.24. The molecule has 0 saturated carbocycles. The van der Waals surface area contributed by atoms with Crippen LogP contribution >= 0.6 is 0 Å². The van der Waals surface area contributed by atoms with Crippen LogP contribution in [0.5, 0.6) is 0 Å². The molecule has 0 spiro atoms. The fraction of sp³-hybridized carbons (Fsp3) is 0.200.